The van der Waals surface area contributed by atoms with E-state index in [1.54, 1.807) is 0 Å². The fourth-order valence-corrected chi connectivity index (χ4v) is 5.03. The van der Waals surface area contributed by atoms with E-state index in [0.717, 1.165) is 43.4 Å². The van der Waals surface area contributed by atoms with Gasteiger partial charge in [0, 0.05) is 37.1 Å². The maximum atomic E-state index is 12.3. The van der Waals surface area contributed by atoms with Gasteiger partial charge in [-0.25, -0.2) is 0 Å². The Morgan fingerprint density at radius 1 is 1.11 bits per heavy atom. The van der Waals surface area contributed by atoms with E-state index in [9.17, 15) is 4.79 Å². The van der Waals surface area contributed by atoms with Crippen molar-refractivity contribution < 1.29 is 9.53 Å². The second-order valence-corrected chi connectivity index (χ2v) is 9.41. The second-order valence-electron chi connectivity index (χ2n) is 9.41. The molecule has 0 saturated carbocycles. The summed E-state index contributed by atoms with van der Waals surface area (Å²) in [5.41, 5.74) is 8.75. The van der Waals surface area contributed by atoms with Gasteiger partial charge in [-0.1, -0.05) is 32.1 Å². The smallest absolute Gasteiger partial charge is 0.231 e. The van der Waals surface area contributed by atoms with Gasteiger partial charge >= 0.3 is 0 Å². The van der Waals surface area contributed by atoms with Crippen LogP contribution < -0.4 is 26.6 Å². The second kappa shape index (κ2) is 9.95. The molecular weight excluding hydrogens is 442 g/mol. The fourth-order valence-electron chi connectivity index (χ4n) is 5.03. The van der Waals surface area contributed by atoms with Gasteiger partial charge in [-0.2, -0.15) is 9.97 Å². The molecule has 1 aromatic heterocycles. The number of nitrogens with one attached hydrogen (secondary N) is 3. The molecule has 1 aromatic carbocycles. The molecule has 4 atom stereocenters. The molecule has 3 aliphatic rings. The number of carbonyl (C=O) groups is 1. The summed E-state index contributed by atoms with van der Waals surface area (Å²) in [6, 6.07) is 8.10. The molecule has 2 aromatic rings. The number of hydrogen-bond acceptors (Lipinski definition) is 8. The number of fused-ring (bicyclic) bond motifs is 1. The first-order valence-electron chi connectivity index (χ1n) is 12.3. The minimum atomic E-state index is -0.328. The predicted octanol–water partition coefficient (Wildman–Crippen LogP) is 3.22. The van der Waals surface area contributed by atoms with Gasteiger partial charge in [0.05, 0.1) is 24.7 Å². The minimum absolute atomic E-state index is 0.0510. The number of hydrogen-bond donors (Lipinski definition) is 4. The Morgan fingerprint density at radius 3 is 2.60 bits per heavy atom. The van der Waals surface area contributed by atoms with Crippen molar-refractivity contribution in [3.05, 3.63) is 48.1 Å². The molecule has 0 radical (unpaired) electrons. The summed E-state index contributed by atoms with van der Waals surface area (Å²) >= 11 is 0. The van der Waals surface area contributed by atoms with Crippen LogP contribution in [0.1, 0.15) is 19.4 Å². The number of anilines is 5. The van der Waals surface area contributed by atoms with Gasteiger partial charge < -0.3 is 31.3 Å². The standard InChI is InChI=1S/C26H33N7O2/c1-16-5-6-17(2)22(21(16)23(27)34)30-25-20-4-3-11-28-24(20)31-26(32-25)29-18-7-9-19(10-8-18)33-12-14-35-15-13-33/h3-10,16-17,21-22H,11-15H2,1-2H3,(H2,27,34)(H3,28,29,30,31,32). The molecule has 1 saturated heterocycles. The Kier molecular flexibility index (Phi) is 6.59. The number of carbonyl (C=O) groups excluding carboxylic acids is 1. The van der Waals surface area contributed by atoms with Crippen molar-refractivity contribution in [2.75, 3.05) is 53.7 Å². The molecular formula is C26H33N7O2. The Bertz CT molecular complexity index is 1130. The maximum Gasteiger partial charge on any atom is 0.231 e. The van der Waals surface area contributed by atoms with Crippen LogP contribution in [0.2, 0.25) is 0 Å². The summed E-state index contributed by atoms with van der Waals surface area (Å²) < 4.78 is 5.45. The van der Waals surface area contributed by atoms with Crippen LogP contribution in [0.4, 0.5) is 29.0 Å². The third-order valence-electron chi connectivity index (χ3n) is 6.99. The lowest BCUT2D eigenvalue weighted by Crippen LogP contribution is -2.47. The van der Waals surface area contributed by atoms with Gasteiger partial charge in [0.25, 0.3) is 0 Å². The Balaban J connectivity index is 1.41. The summed E-state index contributed by atoms with van der Waals surface area (Å²) in [5, 5.41) is 10.2. The largest absolute Gasteiger partial charge is 0.378 e. The summed E-state index contributed by atoms with van der Waals surface area (Å²) in [6.07, 6.45) is 8.26. The highest BCUT2D eigenvalue weighted by Crippen LogP contribution is 2.34. The number of morpholine rings is 1. The Labute approximate surface area is 205 Å². The quantitative estimate of drug-likeness (QED) is 0.471. The monoisotopic (exact) mass is 475 g/mol. The van der Waals surface area contributed by atoms with Gasteiger partial charge in [0.2, 0.25) is 11.9 Å². The molecule has 4 unspecified atom stereocenters. The highest BCUT2D eigenvalue weighted by molar-refractivity contribution is 5.81. The molecule has 0 spiro atoms. The first kappa shape index (κ1) is 23.2. The van der Waals surface area contributed by atoms with Gasteiger partial charge in [0.1, 0.15) is 11.6 Å². The normalized spacial score (nSPS) is 25.5. The molecule has 1 amide bonds. The number of aromatic nitrogens is 2. The third-order valence-corrected chi connectivity index (χ3v) is 6.99. The van der Waals surface area contributed by atoms with Crippen molar-refractivity contribution in [2.24, 2.45) is 23.5 Å². The highest BCUT2D eigenvalue weighted by Gasteiger charge is 2.37. The molecule has 9 heteroatoms. The zero-order valence-corrected chi connectivity index (χ0v) is 20.2. The summed E-state index contributed by atoms with van der Waals surface area (Å²) in [7, 11) is 0. The number of allylic oxidation sites excluding steroid dienone is 1. The van der Waals surface area contributed by atoms with Crippen molar-refractivity contribution in [1.82, 2.24) is 9.97 Å². The van der Waals surface area contributed by atoms with Crippen LogP contribution in [0.5, 0.6) is 0 Å². The van der Waals surface area contributed by atoms with Crippen LogP contribution in [0, 0.1) is 17.8 Å². The average Bonchev–Trinajstić information content (AvgIpc) is 2.87. The summed E-state index contributed by atoms with van der Waals surface area (Å²) in [5.74, 6) is 1.45. The molecule has 1 fully saturated rings. The molecule has 9 nitrogen and oxygen atoms in total. The van der Waals surface area contributed by atoms with E-state index >= 15 is 0 Å². The van der Waals surface area contributed by atoms with E-state index in [4.69, 9.17) is 20.4 Å². The van der Waals surface area contributed by atoms with Gasteiger partial charge in [-0.05, 0) is 42.2 Å². The predicted molar refractivity (Wildman–Crippen MR) is 140 cm³/mol. The summed E-state index contributed by atoms with van der Waals surface area (Å²) in [6.45, 7) is 8.11. The van der Waals surface area contributed by atoms with Crippen LogP contribution in [0.25, 0.3) is 6.08 Å². The van der Waals surface area contributed by atoms with E-state index in [1.165, 1.54) is 5.69 Å². The van der Waals surface area contributed by atoms with E-state index < -0.39 is 0 Å². The van der Waals surface area contributed by atoms with Crippen LogP contribution in [0.3, 0.4) is 0 Å². The number of nitrogens with zero attached hydrogens (tertiary/aromatic N) is 3. The first-order chi connectivity index (χ1) is 17.0. The topological polar surface area (TPSA) is 117 Å². The van der Waals surface area contributed by atoms with Crippen LogP contribution >= 0.6 is 0 Å². The van der Waals surface area contributed by atoms with Gasteiger partial charge in [0.15, 0.2) is 0 Å². The lowest BCUT2D eigenvalue weighted by atomic mass is 9.76. The SMILES string of the molecule is CC1C=CC(C)C(C(N)=O)C1Nc1nc(Nc2ccc(N3CCOCC3)cc2)nc2c1C=CCN2. The molecule has 0 bridgehead atoms. The molecule has 35 heavy (non-hydrogen) atoms. The minimum Gasteiger partial charge on any atom is -0.378 e. The van der Waals surface area contributed by atoms with Crippen LogP contribution in [0.15, 0.2) is 42.5 Å². The molecule has 5 N–H and O–H groups in total. The number of benzene rings is 1. The lowest BCUT2D eigenvalue weighted by molar-refractivity contribution is -0.123. The highest BCUT2D eigenvalue weighted by atomic mass is 16.5. The molecule has 2 aliphatic heterocycles. The van der Waals surface area contributed by atoms with E-state index in [0.29, 0.717) is 18.3 Å². The molecule has 5 rings (SSSR count). The van der Waals surface area contributed by atoms with E-state index in [2.05, 4.69) is 52.1 Å². The zero-order chi connectivity index (χ0) is 24.4. The van der Waals surface area contributed by atoms with Crippen LogP contribution in [-0.4, -0.2) is 54.8 Å². The molecule has 1 aliphatic carbocycles. The number of ether oxygens (including phenoxy) is 1. The Hall–Kier alpha value is -3.59. The molecule has 3 heterocycles. The lowest BCUT2D eigenvalue weighted by Gasteiger charge is -2.36. The molecule has 184 valence electrons. The zero-order valence-electron chi connectivity index (χ0n) is 20.2. The number of primary amides is 1. The van der Waals surface area contributed by atoms with E-state index in [1.807, 2.05) is 31.2 Å². The van der Waals surface area contributed by atoms with Crippen LogP contribution in [-0.2, 0) is 9.53 Å². The average molecular weight is 476 g/mol. The fraction of sp³-hybridized carbons (Fsp3) is 0.423. The first-order valence-corrected chi connectivity index (χ1v) is 12.3. The third kappa shape index (κ3) is 4.95. The summed E-state index contributed by atoms with van der Waals surface area (Å²) in [4.78, 5) is 24.2. The number of rotatable bonds is 6. The van der Waals surface area contributed by atoms with Crippen molar-refractivity contribution in [3.8, 4) is 0 Å². The maximum absolute atomic E-state index is 12.3. The number of amides is 1. The van der Waals surface area contributed by atoms with Crippen molar-refractivity contribution >= 4 is 40.9 Å². The van der Waals surface area contributed by atoms with Crippen molar-refractivity contribution in [3.63, 3.8) is 0 Å². The Morgan fingerprint density at radius 2 is 1.86 bits per heavy atom. The number of nitrogens with two attached hydrogens (primary N) is 1. The van der Waals surface area contributed by atoms with E-state index in [-0.39, 0.29) is 29.7 Å². The van der Waals surface area contributed by atoms with Gasteiger partial charge in [-0.15, -0.1) is 0 Å². The van der Waals surface area contributed by atoms with Crippen molar-refractivity contribution in [1.29, 1.82) is 0 Å². The van der Waals surface area contributed by atoms with Gasteiger partial charge in [-0.3, -0.25) is 4.79 Å². The van der Waals surface area contributed by atoms with Crippen molar-refractivity contribution in [2.45, 2.75) is 19.9 Å².